The molecule has 1 aliphatic rings. The zero-order valence-corrected chi connectivity index (χ0v) is 15.3. The highest BCUT2D eigenvalue weighted by atomic mass is 32.2. The van der Waals surface area contributed by atoms with Crippen molar-refractivity contribution in [1.29, 1.82) is 0 Å². The minimum atomic E-state index is -4.11. The molecule has 0 bridgehead atoms. The van der Waals surface area contributed by atoms with Crippen LogP contribution in [0.1, 0.15) is 27.6 Å². The Balaban J connectivity index is 2.50. The molecule has 9 nitrogen and oxygen atoms in total. The minimum absolute atomic E-state index is 0.0231. The van der Waals surface area contributed by atoms with Crippen molar-refractivity contribution in [2.45, 2.75) is 11.8 Å². The molecule has 1 fully saturated rings. The second-order valence-electron chi connectivity index (χ2n) is 5.97. The lowest BCUT2D eigenvalue weighted by molar-refractivity contribution is -0.142. The molecule has 142 valence electrons. The van der Waals surface area contributed by atoms with Gasteiger partial charge in [-0.3, -0.25) is 4.79 Å². The third-order valence-electron chi connectivity index (χ3n) is 4.28. The van der Waals surface area contributed by atoms with Crippen LogP contribution in [-0.4, -0.2) is 63.0 Å². The summed E-state index contributed by atoms with van der Waals surface area (Å²) in [5.41, 5.74) is -0.257. The summed E-state index contributed by atoms with van der Waals surface area (Å²) >= 11 is 0. The predicted molar refractivity (Wildman–Crippen MR) is 88.2 cm³/mol. The number of hydrogen-bond acceptors (Lipinski definition) is 7. The zero-order valence-electron chi connectivity index (χ0n) is 14.5. The van der Waals surface area contributed by atoms with Crippen LogP contribution in [0.4, 0.5) is 0 Å². The fourth-order valence-electron chi connectivity index (χ4n) is 2.81. The summed E-state index contributed by atoms with van der Waals surface area (Å²) in [6, 6.07) is 3.35. The standard InChI is InChI=1S/C16H19NO8S/c1-9-7-17(8-13(9)14(18)19)26(22,23)12-5-10(15(20)24-2)4-11(6-12)16(21)25-3/h4-6,9,13H,7-8H2,1-3H3,(H,18,19)/t9-,13-/m1/s1. The molecule has 1 saturated heterocycles. The van der Waals surface area contributed by atoms with E-state index in [2.05, 4.69) is 9.47 Å². The lowest BCUT2D eigenvalue weighted by atomic mass is 9.99. The summed E-state index contributed by atoms with van der Waals surface area (Å²) < 4.78 is 36.0. The number of carbonyl (C=O) groups is 3. The second-order valence-corrected chi connectivity index (χ2v) is 7.91. The van der Waals surface area contributed by atoms with Gasteiger partial charge in [0, 0.05) is 13.1 Å². The highest BCUT2D eigenvalue weighted by Crippen LogP contribution is 2.29. The Bertz CT molecular complexity index is 814. The van der Waals surface area contributed by atoms with E-state index in [1.165, 1.54) is 6.07 Å². The topological polar surface area (TPSA) is 127 Å². The molecule has 0 unspecified atom stereocenters. The van der Waals surface area contributed by atoms with Gasteiger partial charge in [0.05, 0.1) is 36.2 Å². The maximum atomic E-state index is 12.9. The highest BCUT2D eigenvalue weighted by molar-refractivity contribution is 7.89. The minimum Gasteiger partial charge on any atom is -0.481 e. The molecule has 1 aromatic carbocycles. The van der Waals surface area contributed by atoms with E-state index in [4.69, 9.17) is 0 Å². The number of rotatable bonds is 5. The lowest BCUT2D eigenvalue weighted by Gasteiger charge is -2.17. The largest absolute Gasteiger partial charge is 0.481 e. The van der Waals surface area contributed by atoms with E-state index >= 15 is 0 Å². The average Bonchev–Trinajstić information content (AvgIpc) is 3.02. The van der Waals surface area contributed by atoms with Crippen molar-refractivity contribution >= 4 is 27.9 Å². The molecule has 0 spiro atoms. The molecule has 2 rings (SSSR count). The van der Waals surface area contributed by atoms with Crippen LogP contribution in [0.3, 0.4) is 0 Å². The lowest BCUT2D eigenvalue weighted by Crippen LogP contribution is -2.30. The number of benzene rings is 1. The van der Waals surface area contributed by atoms with Gasteiger partial charge in [0.2, 0.25) is 10.0 Å². The molecule has 1 N–H and O–H groups in total. The van der Waals surface area contributed by atoms with Crippen LogP contribution in [0.5, 0.6) is 0 Å². The number of aliphatic carboxylic acids is 1. The van der Waals surface area contributed by atoms with Gasteiger partial charge in [-0.2, -0.15) is 4.31 Å². The van der Waals surface area contributed by atoms with Gasteiger partial charge in [0.15, 0.2) is 0 Å². The Morgan fingerprint density at radius 1 is 1.04 bits per heavy atom. The number of carboxylic acid groups (broad SMARTS) is 1. The fourth-order valence-corrected chi connectivity index (χ4v) is 4.45. The third kappa shape index (κ3) is 3.70. The van der Waals surface area contributed by atoms with E-state index in [9.17, 15) is 27.9 Å². The van der Waals surface area contributed by atoms with Crippen molar-refractivity contribution in [1.82, 2.24) is 4.31 Å². The highest BCUT2D eigenvalue weighted by Gasteiger charge is 2.41. The Kier molecular flexibility index (Phi) is 5.67. The van der Waals surface area contributed by atoms with Gasteiger partial charge in [-0.1, -0.05) is 6.92 Å². The number of carboxylic acids is 1. The van der Waals surface area contributed by atoms with Crippen LogP contribution in [0, 0.1) is 11.8 Å². The fraction of sp³-hybridized carbons (Fsp3) is 0.438. The first-order valence-electron chi connectivity index (χ1n) is 7.66. The van der Waals surface area contributed by atoms with Gasteiger partial charge >= 0.3 is 17.9 Å². The maximum absolute atomic E-state index is 12.9. The van der Waals surface area contributed by atoms with E-state index in [1.807, 2.05) is 0 Å². The Morgan fingerprint density at radius 2 is 1.54 bits per heavy atom. The van der Waals surface area contributed by atoms with Crippen molar-refractivity contribution in [2.75, 3.05) is 27.3 Å². The predicted octanol–water partition coefficient (Wildman–Crippen LogP) is 0.601. The normalized spacial score (nSPS) is 20.6. The van der Waals surface area contributed by atoms with Crippen molar-refractivity contribution in [2.24, 2.45) is 11.8 Å². The van der Waals surface area contributed by atoms with Crippen LogP contribution >= 0.6 is 0 Å². The molecule has 1 heterocycles. The van der Waals surface area contributed by atoms with E-state index in [1.54, 1.807) is 6.92 Å². The van der Waals surface area contributed by atoms with E-state index in [0.717, 1.165) is 30.7 Å². The van der Waals surface area contributed by atoms with Crippen LogP contribution in [0.2, 0.25) is 0 Å². The van der Waals surface area contributed by atoms with Gasteiger partial charge in [0.1, 0.15) is 0 Å². The van der Waals surface area contributed by atoms with Crippen LogP contribution in [0.15, 0.2) is 23.1 Å². The van der Waals surface area contributed by atoms with Gasteiger partial charge < -0.3 is 14.6 Å². The summed E-state index contributed by atoms with van der Waals surface area (Å²) in [6.07, 6.45) is 0. The van der Waals surface area contributed by atoms with Crippen LogP contribution in [-0.2, 0) is 24.3 Å². The number of sulfonamides is 1. The van der Waals surface area contributed by atoms with E-state index in [-0.39, 0.29) is 35.0 Å². The molecule has 26 heavy (non-hydrogen) atoms. The smallest absolute Gasteiger partial charge is 0.337 e. The number of hydrogen-bond donors (Lipinski definition) is 1. The van der Waals surface area contributed by atoms with Gasteiger partial charge in [-0.25, -0.2) is 18.0 Å². The zero-order chi connectivity index (χ0) is 19.6. The maximum Gasteiger partial charge on any atom is 0.337 e. The molecule has 1 aliphatic heterocycles. The molecule has 0 amide bonds. The summed E-state index contributed by atoms with van der Waals surface area (Å²) in [5.74, 6) is -3.90. The monoisotopic (exact) mass is 385 g/mol. The Morgan fingerprint density at radius 3 is 1.92 bits per heavy atom. The summed E-state index contributed by atoms with van der Waals surface area (Å²) in [5, 5.41) is 9.19. The van der Waals surface area contributed by atoms with Crippen molar-refractivity contribution in [3.8, 4) is 0 Å². The molecule has 10 heteroatoms. The average molecular weight is 385 g/mol. The quantitative estimate of drug-likeness (QED) is 0.730. The number of esters is 2. The number of nitrogens with zero attached hydrogens (tertiary/aromatic N) is 1. The summed E-state index contributed by atoms with van der Waals surface area (Å²) in [6.45, 7) is 1.49. The molecule has 0 aromatic heterocycles. The number of ether oxygens (including phenoxy) is 2. The Hall–Kier alpha value is -2.46. The van der Waals surface area contributed by atoms with Crippen LogP contribution in [0.25, 0.3) is 0 Å². The van der Waals surface area contributed by atoms with E-state index in [0.29, 0.717) is 0 Å². The summed E-state index contributed by atoms with van der Waals surface area (Å²) in [7, 11) is -1.86. The number of methoxy groups -OCH3 is 2. The molecule has 0 radical (unpaired) electrons. The molecular formula is C16H19NO8S. The number of carbonyl (C=O) groups excluding carboxylic acids is 2. The van der Waals surface area contributed by atoms with Gasteiger partial charge in [0.25, 0.3) is 0 Å². The van der Waals surface area contributed by atoms with Gasteiger partial charge in [-0.15, -0.1) is 0 Å². The first-order valence-corrected chi connectivity index (χ1v) is 9.10. The molecule has 0 aliphatic carbocycles. The first kappa shape index (κ1) is 19.9. The molecule has 0 saturated carbocycles. The molecule has 1 aromatic rings. The SMILES string of the molecule is COC(=O)c1cc(C(=O)OC)cc(S(=O)(=O)N2C[C@@H](C)[C@H](C(=O)O)C2)c1. The van der Waals surface area contributed by atoms with Crippen LogP contribution < -0.4 is 0 Å². The third-order valence-corrected chi connectivity index (χ3v) is 6.09. The van der Waals surface area contributed by atoms with Gasteiger partial charge in [-0.05, 0) is 24.1 Å². The molecular weight excluding hydrogens is 366 g/mol. The van der Waals surface area contributed by atoms with E-state index < -0.39 is 33.8 Å². The second kappa shape index (κ2) is 7.42. The summed E-state index contributed by atoms with van der Waals surface area (Å²) in [4.78, 5) is 34.6. The van der Waals surface area contributed by atoms with Crippen molar-refractivity contribution in [3.63, 3.8) is 0 Å². The first-order chi connectivity index (χ1) is 12.1. The van der Waals surface area contributed by atoms with Crippen molar-refractivity contribution in [3.05, 3.63) is 29.3 Å². The van der Waals surface area contributed by atoms with Crippen molar-refractivity contribution < 1.29 is 37.4 Å². The Labute approximate surface area is 150 Å². The molecule has 2 atom stereocenters.